The van der Waals surface area contributed by atoms with Gasteiger partial charge in [0.25, 0.3) is 5.56 Å². The van der Waals surface area contributed by atoms with Crippen molar-refractivity contribution in [2.75, 3.05) is 18.0 Å². The van der Waals surface area contributed by atoms with Crippen molar-refractivity contribution in [3.05, 3.63) is 46.5 Å². The Labute approximate surface area is 161 Å². The molecule has 6 nitrogen and oxygen atoms in total. The van der Waals surface area contributed by atoms with Crippen LogP contribution in [0.1, 0.15) is 45.0 Å². The van der Waals surface area contributed by atoms with Gasteiger partial charge in [-0.2, -0.15) is 13.2 Å². The molecule has 2 aromatic heterocycles. The van der Waals surface area contributed by atoms with E-state index in [1.54, 1.807) is 17.0 Å². The maximum atomic E-state index is 12.8. The van der Waals surface area contributed by atoms with E-state index in [9.17, 15) is 18.0 Å². The summed E-state index contributed by atoms with van der Waals surface area (Å²) < 4.78 is 40.1. The molecule has 3 heterocycles. The predicted octanol–water partition coefficient (Wildman–Crippen LogP) is 3.27. The van der Waals surface area contributed by atoms with Gasteiger partial charge in [-0.15, -0.1) is 0 Å². The highest BCUT2D eigenvalue weighted by Gasteiger charge is 2.33. The van der Waals surface area contributed by atoms with E-state index in [0.29, 0.717) is 19.6 Å². The molecular weight excluding hydrogens is 371 g/mol. The summed E-state index contributed by atoms with van der Waals surface area (Å²) >= 11 is 0. The highest BCUT2D eigenvalue weighted by atomic mass is 19.4. The molecule has 1 aliphatic rings. The number of nitrogens with zero attached hydrogens (tertiary/aromatic N) is 5. The van der Waals surface area contributed by atoms with Gasteiger partial charge < -0.3 is 4.90 Å². The number of hydrogen-bond acceptors (Lipinski definition) is 5. The van der Waals surface area contributed by atoms with E-state index < -0.39 is 11.9 Å². The van der Waals surface area contributed by atoms with Crippen LogP contribution >= 0.6 is 0 Å². The van der Waals surface area contributed by atoms with Crippen LogP contribution in [0.5, 0.6) is 0 Å². The number of rotatable bonds is 3. The Balaban J connectivity index is 1.63. The Morgan fingerprint density at radius 2 is 1.71 bits per heavy atom. The first-order valence-electron chi connectivity index (χ1n) is 9.25. The standard InChI is InChI=1S/C19H24F3N5O/c1-18(2,3)14-9-17(28)27(12-25-14)10-13-4-6-26(7-5-13)16-8-15(19(20,21)22)23-11-24-16/h8-9,11-13H,4-7,10H2,1-3H3. The van der Waals surface area contributed by atoms with Gasteiger partial charge in [-0.3, -0.25) is 9.36 Å². The molecule has 3 rings (SSSR count). The van der Waals surface area contributed by atoms with Crippen molar-refractivity contribution in [3.63, 3.8) is 0 Å². The van der Waals surface area contributed by atoms with Crippen LogP contribution in [0.2, 0.25) is 0 Å². The minimum atomic E-state index is -4.48. The molecule has 0 bridgehead atoms. The van der Waals surface area contributed by atoms with Gasteiger partial charge in [0.1, 0.15) is 17.8 Å². The van der Waals surface area contributed by atoms with E-state index >= 15 is 0 Å². The number of hydrogen-bond donors (Lipinski definition) is 0. The Morgan fingerprint density at radius 3 is 2.29 bits per heavy atom. The smallest absolute Gasteiger partial charge is 0.356 e. The Morgan fingerprint density at radius 1 is 1.04 bits per heavy atom. The summed E-state index contributed by atoms with van der Waals surface area (Å²) in [6, 6.07) is 2.56. The second kappa shape index (κ2) is 7.52. The van der Waals surface area contributed by atoms with E-state index in [4.69, 9.17) is 0 Å². The van der Waals surface area contributed by atoms with E-state index in [1.165, 1.54) is 0 Å². The van der Waals surface area contributed by atoms with Crippen LogP contribution in [-0.2, 0) is 18.1 Å². The van der Waals surface area contributed by atoms with Crippen LogP contribution in [-0.4, -0.2) is 32.6 Å². The van der Waals surface area contributed by atoms with Crippen LogP contribution in [0.25, 0.3) is 0 Å². The summed E-state index contributed by atoms with van der Waals surface area (Å²) in [6.45, 7) is 7.74. The molecule has 0 radical (unpaired) electrons. The molecular formula is C19H24F3N5O. The average molecular weight is 395 g/mol. The SMILES string of the molecule is CC(C)(C)c1cc(=O)n(CC2CCN(c3cc(C(F)(F)F)ncn3)CC2)cn1. The fourth-order valence-electron chi connectivity index (χ4n) is 3.27. The van der Waals surface area contributed by atoms with Crippen molar-refractivity contribution in [3.8, 4) is 0 Å². The summed E-state index contributed by atoms with van der Waals surface area (Å²) in [5.41, 5.74) is -0.437. The lowest BCUT2D eigenvalue weighted by molar-refractivity contribution is -0.141. The number of halogens is 3. The van der Waals surface area contributed by atoms with Crippen LogP contribution in [0, 0.1) is 5.92 Å². The van der Waals surface area contributed by atoms with E-state index in [1.807, 2.05) is 25.7 Å². The first-order chi connectivity index (χ1) is 13.0. The molecule has 0 aliphatic carbocycles. The van der Waals surface area contributed by atoms with Crippen LogP contribution in [0.3, 0.4) is 0 Å². The zero-order valence-electron chi connectivity index (χ0n) is 16.2. The quantitative estimate of drug-likeness (QED) is 0.798. The molecule has 1 aliphatic heterocycles. The average Bonchev–Trinajstić information content (AvgIpc) is 2.62. The summed E-state index contributed by atoms with van der Waals surface area (Å²) in [5.74, 6) is 0.550. The molecule has 0 spiro atoms. The second-order valence-electron chi connectivity index (χ2n) is 8.20. The topological polar surface area (TPSA) is 63.9 Å². The normalized spacial score (nSPS) is 16.4. The van der Waals surface area contributed by atoms with Crippen molar-refractivity contribution in [2.45, 2.75) is 51.7 Å². The van der Waals surface area contributed by atoms with Crippen LogP contribution in [0.15, 0.2) is 29.6 Å². The molecule has 0 saturated carbocycles. The largest absolute Gasteiger partial charge is 0.433 e. The van der Waals surface area contributed by atoms with Gasteiger partial charge in [-0.25, -0.2) is 15.0 Å². The first kappa shape index (κ1) is 20.3. The van der Waals surface area contributed by atoms with Gasteiger partial charge in [0.05, 0.1) is 12.0 Å². The lowest BCUT2D eigenvalue weighted by Crippen LogP contribution is -2.37. The van der Waals surface area contributed by atoms with E-state index in [0.717, 1.165) is 30.9 Å². The minimum absolute atomic E-state index is 0.0759. The maximum absolute atomic E-state index is 12.8. The molecule has 2 aromatic rings. The molecule has 0 atom stereocenters. The van der Waals surface area contributed by atoms with Gasteiger partial charge in [-0.1, -0.05) is 20.8 Å². The van der Waals surface area contributed by atoms with Crippen molar-refractivity contribution in [2.24, 2.45) is 5.92 Å². The lowest BCUT2D eigenvalue weighted by Gasteiger charge is -2.33. The third kappa shape index (κ3) is 4.69. The highest BCUT2D eigenvalue weighted by Crippen LogP contribution is 2.30. The summed E-state index contributed by atoms with van der Waals surface area (Å²) in [5, 5.41) is 0. The van der Waals surface area contributed by atoms with Crippen LogP contribution in [0.4, 0.5) is 19.0 Å². The van der Waals surface area contributed by atoms with Crippen molar-refractivity contribution in [1.29, 1.82) is 0 Å². The molecule has 9 heteroatoms. The fourth-order valence-corrected chi connectivity index (χ4v) is 3.27. The molecule has 1 saturated heterocycles. The van der Waals surface area contributed by atoms with Gasteiger partial charge in [0.2, 0.25) is 0 Å². The maximum Gasteiger partial charge on any atom is 0.433 e. The lowest BCUT2D eigenvalue weighted by atomic mass is 9.92. The molecule has 152 valence electrons. The Bertz CT molecular complexity index is 880. The number of anilines is 1. The van der Waals surface area contributed by atoms with Crippen molar-refractivity contribution < 1.29 is 13.2 Å². The molecule has 0 amide bonds. The summed E-state index contributed by atoms with van der Waals surface area (Å²) in [7, 11) is 0. The van der Waals surface area contributed by atoms with Gasteiger partial charge in [0, 0.05) is 37.2 Å². The second-order valence-corrected chi connectivity index (χ2v) is 8.20. The van der Waals surface area contributed by atoms with E-state index in [-0.39, 0.29) is 22.7 Å². The number of piperidine rings is 1. The zero-order chi connectivity index (χ0) is 20.5. The summed E-state index contributed by atoms with van der Waals surface area (Å²) in [6.07, 6.45) is -0.414. The molecule has 0 unspecified atom stereocenters. The van der Waals surface area contributed by atoms with Gasteiger partial charge >= 0.3 is 6.18 Å². The van der Waals surface area contributed by atoms with Crippen molar-refractivity contribution in [1.82, 2.24) is 19.5 Å². The van der Waals surface area contributed by atoms with Gasteiger partial charge in [0.15, 0.2) is 0 Å². The fraction of sp³-hybridized carbons (Fsp3) is 0.579. The third-order valence-electron chi connectivity index (χ3n) is 4.98. The predicted molar refractivity (Wildman–Crippen MR) is 99.2 cm³/mol. The zero-order valence-corrected chi connectivity index (χ0v) is 16.2. The molecule has 0 N–H and O–H groups in total. The monoisotopic (exact) mass is 395 g/mol. The number of aromatic nitrogens is 4. The molecule has 1 fully saturated rings. The minimum Gasteiger partial charge on any atom is -0.356 e. The highest BCUT2D eigenvalue weighted by molar-refractivity contribution is 5.39. The Kier molecular flexibility index (Phi) is 5.45. The molecule has 28 heavy (non-hydrogen) atoms. The molecule has 0 aromatic carbocycles. The Hall–Kier alpha value is -2.45. The third-order valence-corrected chi connectivity index (χ3v) is 4.98. The van der Waals surface area contributed by atoms with Crippen molar-refractivity contribution >= 4 is 5.82 Å². The summed E-state index contributed by atoms with van der Waals surface area (Å²) in [4.78, 5) is 25.9. The first-order valence-corrected chi connectivity index (χ1v) is 9.25. The van der Waals surface area contributed by atoms with Gasteiger partial charge in [-0.05, 0) is 18.8 Å². The number of alkyl halides is 3. The van der Waals surface area contributed by atoms with E-state index in [2.05, 4.69) is 15.0 Å². The van der Waals surface area contributed by atoms with Crippen LogP contribution < -0.4 is 10.5 Å².